The number of nitrogens with zero attached hydrogens (tertiary/aromatic N) is 2. The average molecular weight is 200 g/mol. The van der Waals surface area contributed by atoms with Gasteiger partial charge in [-0.25, -0.2) is 9.97 Å². The zero-order valence-corrected chi connectivity index (χ0v) is 7.82. The summed E-state index contributed by atoms with van der Waals surface area (Å²) in [5, 5.41) is 0.997. The molecule has 0 aliphatic rings. The van der Waals surface area contributed by atoms with Gasteiger partial charge < -0.3 is 14.8 Å². The van der Waals surface area contributed by atoms with Crippen LogP contribution in [0.1, 0.15) is 5.82 Å². The number of hydrogen-bond acceptors (Lipinski definition) is 3. The third-order valence-electron chi connectivity index (χ3n) is 2.37. The van der Waals surface area contributed by atoms with E-state index < -0.39 is 0 Å². The number of aromatic nitrogens is 4. The van der Waals surface area contributed by atoms with E-state index in [2.05, 4.69) is 19.9 Å². The maximum absolute atomic E-state index is 10.4. The van der Waals surface area contributed by atoms with E-state index in [0.717, 1.165) is 28.4 Å². The normalized spacial score (nSPS) is 11.2. The fourth-order valence-electron chi connectivity index (χ4n) is 1.71. The summed E-state index contributed by atoms with van der Waals surface area (Å²) in [5.74, 6) is 0.676. The van der Waals surface area contributed by atoms with Crippen LogP contribution in [-0.2, 0) is 11.2 Å². The molecule has 0 saturated carbocycles. The molecule has 0 bridgehead atoms. The van der Waals surface area contributed by atoms with E-state index in [-0.39, 0.29) is 0 Å². The van der Waals surface area contributed by atoms with Crippen molar-refractivity contribution in [1.82, 2.24) is 19.9 Å². The Morgan fingerprint density at radius 1 is 1.47 bits per heavy atom. The largest absolute Gasteiger partial charge is 0.346 e. The van der Waals surface area contributed by atoms with Crippen LogP contribution in [0.2, 0.25) is 0 Å². The van der Waals surface area contributed by atoms with Gasteiger partial charge in [0.05, 0.1) is 18.1 Å². The van der Waals surface area contributed by atoms with Gasteiger partial charge in [0.2, 0.25) is 0 Å². The Bertz CT molecular complexity index is 637. The lowest BCUT2D eigenvalue weighted by Gasteiger charge is -1.89. The molecule has 3 rings (SSSR count). The molecule has 2 N–H and O–H groups in total. The van der Waals surface area contributed by atoms with Gasteiger partial charge in [0.1, 0.15) is 23.3 Å². The Balaban J connectivity index is 2.36. The number of carbonyl (C=O) groups is 1. The van der Waals surface area contributed by atoms with Crippen molar-refractivity contribution in [1.29, 1.82) is 0 Å². The smallest absolute Gasteiger partial charge is 0.139 e. The van der Waals surface area contributed by atoms with Gasteiger partial charge in [-0.3, -0.25) is 0 Å². The molecule has 0 aliphatic carbocycles. The Hall–Kier alpha value is -2.17. The fourth-order valence-corrected chi connectivity index (χ4v) is 1.71. The Labute approximate surface area is 84.5 Å². The van der Waals surface area contributed by atoms with Crippen LogP contribution in [0.25, 0.3) is 22.1 Å². The first-order valence-corrected chi connectivity index (χ1v) is 4.63. The minimum Gasteiger partial charge on any atom is -0.346 e. The number of aldehydes is 1. The number of imidazole rings is 1. The van der Waals surface area contributed by atoms with Crippen molar-refractivity contribution in [3.05, 3.63) is 24.3 Å². The third kappa shape index (κ3) is 1.13. The van der Waals surface area contributed by atoms with E-state index in [9.17, 15) is 4.79 Å². The summed E-state index contributed by atoms with van der Waals surface area (Å²) in [6.45, 7) is 0. The summed E-state index contributed by atoms with van der Waals surface area (Å²) in [4.78, 5) is 25.0. The highest BCUT2D eigenvalue weighted by Crippen LogP contribution is 2.20. The van der Waals surface area contributed by atoms with Gasteiger partial charge in [0.15, 0.2) is 0 Å². The summed E-state index contributed by atoms with van der Waals surface area (Å²) in [6, 6.07) is 1.94. The average Bonchev–Trinajstić information content (AvgIpc) is 2.80. The summed E-state index contributed by atoms with van der Waals surface area (Å²) < 4.78 is 0. The first kappa shape index (κ1) is 8.16. The van der Waals surface area contributed by atoms with Crippen LogP contribution in [0.4, 0.5) is 0 Å². The van der Waals surface area contributed by atoms with Gasteiger partial charge in [0, 0.05) is 11.6 Å². The molecule has 0 spiro atoms. The van der Waals surface area contributed by atoms with Crippen LogP contribution in [0.5, 0.6) is 0 Å². The number of aromatic amines is 2. The monoisotopic (exact) mass is 200 g/mol. The number of H-pyrrole nitrogens is 2. The highest BCUT2D eigenvalue weighted by Gasteiger charge is 2.07. The van der Waals surface area contributed by atoms with E-state index in [1.54, 1.807) is 6.20 Å². The van der Waals surface area contributed by atoms with E-state index in [1.165, 1.54) is 0 Å². The number of rotatable bonds is 2. The first-order chi connectivity index (χ1) is 7.38. The number of hydrogen-bond donors (Lipinski definition) is 2. The van der Waals surface area contributed by atoms with E-state index in [1.807, 2.05) is 12.3 Å². The van der Waals surface area contributed by atoms with Crippen LogP contribution in [-0.4, -0.2) is 26.2 Å². The Morgan fingerprint density at radius 2 is 2.40 bits per heavy atom. The minimum atomic E-state index is 0.306. The number of carbonyl (C=O) groups excluding carboxylic acids is 1. The lowest BCUT2D eigenvalue weighted by Crippen LogP contribution is -1.86. The Morgan fingerprint density at radius 3 is 3.27 bits per heavy atom. The molecular formula is C10H8N4O. The quantitative estimate of drug-likeness (QED) is 0.610. The molecule has 0 aromatic carbocycles. The van der Waals surface area contributed by atoms with Crippen molar-refractivity contribution < 1.29 is 4.79 Å². The van der Waals surface area contributed by atoms with Gasteiger partial charge >= 0.3 is 0 Å². The molecular weight excluding hydrogens is 192 g/mol. The maximum Gasteiger partial charge on any atom is 0.139 e. The minimum absolute atomic E-state index is 0.306. The van der Waals surface area contributed by atoms with E-state index in [0.29, 0.717) is 12.2 Å². The molecule has 0 unspecified atom stereocenters. The molecule has 74 valence electrons. The first-order valence-electron chi connectivity index (χ1n) is 4.63. The SMILES string of the molecule is O=CCc1nc2cnc3[nH]ccc3c2[nH]1. The molecule has 3 aromatic heterocycles. The summed E-state index contributed by atoms with van der Waals surface area (Å²) >= 11 is 0. The topological polar surface area (TPSA) is 74.4 Å². The fraction of sp³-hybridized carbons (Fsp3) is 0.100. The molecule has 5 nitrogen and oxygen atoms in total. The molecule has 0 atom stereocenters. The summed E-state index contributed by atoms with van der Waals surface area (Å²) in [7, 11) is 0. The predicted molar refractivity (Wildman–Crippen MR) is 55.5 cm³/mol. The zero-order valence-electron chi connectivity index (χ0n) is 7.82. The molecule has 3 heterocycles. The molecule has 15 heavy (non-hydrogen) atoms. The predicted octanol–water partition coefficient (Wildman–Crippen LogP) is 1.18. The molecule has 3 aromatic rings. The van der Waals surface area contributed by atoms with Crippen molar-refractivity contribution in [3.8, 4) is 0 Å². The van der Waals surface area contributed by atoms with Gasteiger partial charge in [-0.05, 0) is 6.07 Å². The second-order valence-corrected chi connectivity index (χ2v) is 3.31. The highest BCUT2D eigenvalue weighted by atomic mass is 16.1. The molecule has 5 heteroatoms. The standard InChI is InChI=1S/C10H8N4O/c15-4-2-8-13-7-5-12-10-6(1-3-11-10)9(7)14-8/h1,3-5H,2H2,(H,11,12)(H,13,14). The van der Waals surface area contributed by atoms with Crippen LogP contribution in [0, 0.1) is 0 Å². The molecule has 0 amide bonds. The summed E-state index contributed by atoms with van der Waals surface area (Å²) in [5.41, 5.74) is 2.54. The van der Waals surface area contributed by atoms with Crippen molar-refractivity contribution in [2.75, 3.05) is 0 Å². The molecule has 0 radical (unpaired) electrons. The van der Waals surface area contributed by atoms with Crippen LogP contribution in [0.3, 0.4) is 0 Å². The van der Waals surface area contributed by atoms with Crippen LogP contribution < -0.4 is 0 Å². The summed E-state index contributed by atoms with van der Waals surface area (Å²) in [6.07, 6.45) is 4.66. The molecule has 0 saturated heterocycles. The number of fused-ring (bicyclic) bond motifs is 3. The van der Waals surface area contributed by atoms with Crippen LogP contribution >= 0.6 is 0 Å². The third-order valence-corrected chi connectivity index (χ3v) is 2.37. The number of pyridine rings is 1. The Kier molecular flexibility index (Phi) is 1.58. The van der Waals surface area contributed by atoms with Crippen LogP contribution in [0.15, 0.2) is 18.5 Å². The second kappa shape index (κ2) is 2.91. The lowest BCUT2D eigenvalue weighted by molar-refractivity contribution is -0.107. The lowest BCUT2D eigenvalue weighted by atomic mass is 10.3. The molecule has 0 fully saturated rings. The highest BCUT2D eigenvalue weighted by molar-refractivity contribution is 6.00. The van der Waals surface area contributed by atoms with Gasteiger partial charge in [0.25, 0.3) is 0 Å². The van der Waals surface area contributed by atoms with Crippen molar-refractivity contribution in [3.63, 3.8) is 0 Å². The van der Waals surface area contributed by atoms with Crippen molar-refractivity contribution >= 4 is 28.4 Å². The zero-order chi connectivity index (χ0) is 10.3. The van der Waals surface area contributed by atoms with Gasteiger partial charge in [-0.15, -0.1) is 0 Å². The van der Waals surface area contributed by atoms with E-state index in [4.69, 9.17) is 0 Å². The van der Waals surface area contributed by atoms with Crippen molar-refractivity contribution in [2.45, 2.75) is 6.42 Å². The maximum atomic E-state index is 10.4. The van der Waals surface area contributed by atoms with Crippen molar-refractivity contribution in [2.24, 2.45) is 0 Å². The van der Waals surface area contributed by atoms with E-state index >= 15 is 0 Å². The van der Waals surface area contributed by atoms with Gasteiger partial charge in [-0.1, -0.05) is 0 Å². The molecule has 0 aliphatic heterocycles. The number of nitrogens with one attached hydrogen (secondary N) is 2. The second-order valence-electron chi connectivity index (χ2n) is 3.31. The van der Waals surface area contributed by atoms with Gasteiger partial charge in [-0.2, -0.15) is 0 Å².